The molecule has 0 amide bonds. The summed E-state index contributed by atoms with van der Waals surface area (Å²) in [5.74, 6) is 1.25. The summed E-state index contributed by atoms with van der Waals surface area (Å²) in [4.78, 5) is 11.2. The van der Waals surface area contributed by atoms with Crippen LogP contribution in [0.15, 0.2) is 0 Å². The molecule has 5 nitrogen and oxygen atoms in total. The summed E-state index contributed by atoms with van der Waals surface area (Å²) in [6.45, 7) is 0. The molecule has 0 aliphatic heterocycles. The van der Waals surface area contributed by atoms with Crippen LogP contribution in [0.5, 0.6) is 0 Å². The van der Waals surface area contributed by atoms with Gasteiger partial charge in [-0.15, -0.1) is 11.6 Å². The van der Waals surface area contributed by atoms with Gasteiger partial charge >= 0.3 is 0 Å². The van der Waals surface area contributed by atoms with Crippen LogP contribution in [0.2, 0.25) is 0 Å². The van der Waals surface area contributed by atoms with Crippen molar-refractivity contribution in [3.63, 3.8) is 0 Å². The first-order chi connectivity index (χ1) is 5.22. The summed E-state index contributed by atoms with van der Waals surface area (Å²) >= 11 is 5.46. The second-order valence-corrected chi connectivity index (χ2v) is 2.28. The number of nitrogens with two attached hydrogens (primary N) is 2. The van der Waals surface area contributed by atoms with Crippen molar-refractivity contribution in [1.29, 1.82) is 0 Å². The highest BCUT2D eigenvalue weighted by Crippen LogP contribution is 1.99. The Morgan fingerprint density at radius 3 is 2.09 bits per heavy atom. The number of aromatic nitrogens is 3. The van der Waals surface area contributed by atoms with Crippen LogP contribution in [0.1, 0.15) is 5.82 Å². The first kappa shape index (κ1) is 8.00. The molecule has 0 aromatic carbocycles. The Morgan fingerprint density at radius 2 is 1.64 bits per heavy atom. The van der Waals surface area contributed by atoms with E-state index in [2.05, 4.69) is 15.0 Å². The van der Waals surface area contributed by atoms with Gasteiger partial charge in [-0.25, -0.2) is 0 Å². The zero-order valence-corrected chi connectivity index (χ0v) is 6.54. The minimum absolute atomic E-state index is 0.137. The van der Waals surface area contributed by atoms with E-state index >= 15 is 0 Å². The van der Waals surface area contributed by atoms with E-state index in [1.165, 1.54) is 0 Å². The maximum Gasteiger partial charge on any atom is 0.225 e. The van der Waals surface area contributed by atoms with Gasteiger partial charge in [0.15, 0.2) is 0 Å². The first-order valence-electron chi connectivity index (χ1n) is 3.04. The lowest BCUT2D eigenvalue weighted by Gasteiger charge is -1.98. The average Bonchev–Trinajstić information content (AvgIpc) is 1.85. The monoisotopic (exact) mass is 173 g/mol. The molecule has 1 heterocycles. The third-order valence-electron chi connectivity index (χ3n) is 1.03. The molecule has 0 unspecified atom stereocenters. The standard InChI is InChI=1S/C5H8ClN5/c6-2-1-3-9-4(7)11-5(8)10-3/h1-2H2,(H4,7,8,9,10,11). The highest BCUT2D eigenvalue weighted by atomic mass is 35.5. The normalized spacial score (nSPS) is 9.91. The Bertz CT molecular complexity index is 230. The zero-order chi connectivity index (χ0) is 8.27. The van der Waals surface area contributed by atoms with Gasteiger partial charge in [0.2, 0.25) is 11.9 Å². The molecule has 1 rings (SSSR count). The number of nitrogen functional groups attached to an aromatic ring is 2. The molecule has 60 valence electrons. The van der Waals surface area contributed by atoms with Crippen LogP contribution in [-0.4, -0.2) is 20.8 Å². The van der Waals surface area contributed by atoms with E-state index < -0.39 is 0 Å². The Kier molecular flexibility index (Phi) is 2.43. The molecule has 0 saturated carbocycles. The smallest absolute Gasteiger partial charge is 0.225 e. The lowest BCUT2D eigenvalue weighted by molar-refractivity contribution is 0.920. The molecule has 0 aliphatic carbocycles. The van der Waals surface area contributed by atoms with Crippen LogP contribution >= 0.6 is 11.6 Å². The van der Waals surface area contributed by atoms with E-state index in [0.717, 1.165) is 0 Å². The number of anilines is 2. The van der Waals surface area contributed by atoms with Crippen molar-refractivity contribution in [3.05, 3.63) is 5.82 Å². The van der Waals surface area contributed by atoms with Crippen molar-refractivity contribution < 1.29 is 0 Å². The summed E-state index contributed by atoms with van der Waals surface area (Å²) in [6, 6.07) is 0. The Balaban J connectivity index is 2.89. The van der Waals surface area contributed by atoms with Crippen molar-refractivity contribution in [1.82, 2.24) is 15.0 Å². The quantitative estimate of drug-likeness (QED) is 0.606. The van der Waals surface area contributed by atoms with Crippen molar-refractivity contribution in [3.8, 4) is 0 Å². The molecule has 11 heavy (non-hydrogen) atoms. The van der Waals surface area contributed by atoms with Gasteiger partial charge in [0.25, 0.3) is 0 Å². The van der Waals surface area contributed by atoms with Gasteiger partial charge in [-0.05, 0) is 0 Å². The zero-order valence-electron chi connectivity index (χ0n) is 5.79. The second kappa shape index (κ2) is 3.34. The summed E-state index contributed by atoms with van der Waals surface area (Å²) in [6.07, 6.45) is 0.554. The molecular formula is C5H8ClN5. The van der Waals surface area contributed by atoms with E-state index in [9.17, 15) is 0 Å². The van der Waals surface area contributed by atoms with Crippen LogP contribution in [-0.2, 0) is 6.42 Å². The van der Waals surface area contributed by atoms with Crippen molar-refractivity contribution >= 4 is 23.5 Å². The molecular weight excluding hydrogens is 166 g/mol. The number of hydrogen-bond acceptors (Lipinski definition) is 5. The van der Waals surface area contributed by atoms with Gasteiger partial charge in [-0.1, -0.05) is 0 Å². The maximum atomic E-state index is 5.46. The average molecular weight is 174 g/mol. The van der Waals surface area contributed by atoms with Crippen LogP contribution in [0, 0.1) is 0 Å². The number of alkyl halides is 1. The fraction of sp³-hybridized carbons (Fsp3) is 0.400. The minimum atomic E-state index is 0.137. The lowest BCUT2D eigenvalue weighted by atomic mass is 10.4. The van der Waals surface area contributed by atoms with Gasteiger partial charge in [-0.3, -0.25) is 0 Å². The maximum absolute atomic E-state index is 5.46. The van der Waals surface area contributed by atoms with Gasteiger partial charge in [0.1, 0.15) is 5.82 Å². The molecule has 0 saturated heterocycles. The predicted molar refractivity (Wildman–Crippen MR) is 43.1 cm³/mol. The third-order valence-corrected chi connectivity index (χ3v) is 1.22. The number of halogens is 1. The molecule has 4 N–H and O–H groups in total. The molecule has 0 radical (unpaired) electrons. The molecule has 0 bridgehead atoms. The summed E-state index contributed by atoms with van der Waals surface area (Å²) in [5.41, 5.74) is 10.6. The largest absolute Gasteiger partial charge is 0.368 e. The van der Waals surface area contributed by atoms with Crippen molar-refractivity contribution in [2.75, 3.05) is 17.3 Å². The minimum Gasteiger partial charge on any atom is -0.368 e. The van der Waals surface area contributed by atoms with E-state index in [1.54, 1.807) is 0 Å². The lowest BCUT2D eigenvalue weighted by Crippen LogP contribution is -2.07. The fourth-order valence-corrected chi connectivity index (χ4v) is 0.822. The number of nitrogens with zero attached hydrogens (tertiary/aromatic N) is 3. The van der Waals surface area contributed by atoms with E-state index in [1.807, 2.05) is 0 Å². The summed E-state index contributed by atoms with van der Waals surface area (Å²) in [5, 5.41) is 0. The Morgan fingerprint density at radius 1 is 1.09 bits per heavy atom. The van der Waals surface area contributed by atoms with Crippen molar-refractivity contribution in [2.24, 2.45) is 0 Å². The molecule has 0 fully saturated rings. The first-order valence-corrected chi connectivity index (χ1v) is 3.57. The summed E-state index contributed by atoms with van der Waals surface area (Å²) in [7, 11) is 0. The highest BCUT2D eigenvalue weighted by Gasteiger charge is 1.99. The molecule has 0 atom stereocenters. The number of aryl methyl sites for hydroxylation is 1. The number of hydrogen-bond donors (Lipinski definition) is 2. The molecule has 0 spiro atoms. The summed E-state index contributed by atoms with van der Waals surface area (Å²) < 4.78 is 0. The Labute approximate surface area is 68.8 Å². The highest BCUT2D eigenvalue weighted by molar-refractivity contribution is 6.17. The van der Waals surface area contributed by atoms with E-state index in [4.69, 9.17) is 23.1 Å². The molecule has 0 aliphatic rings. The topological polar surface area (TPSA) is 90.7 Å². The van der Waals surface area contributed by atoms with E-state index in [-0.39, 0.29) is 11.9 Å². The van der Waals surface area contributed by atoms with Gasteiger partial charge in [0.05, 0.1) is 0 Å². The van der Waals surface area contributed by atoms with Gasteiger partial charge in [0, 0.05) is 12.3 Å². The third kappa shape index (κ3) is 2.19. The predicted octanol–water partition coefficient (Wildman–Crippen LogP) is -0.183. The van der Waals surface area contributed by atoms with Crippen LogP contribution in [0.25, 0.3) is 0 Å². The van der Waals surface area contributed by atoms with Gasteiger partial charge < -0.3 is 11.5 Å². The van der Waals surface area contributed by atoms with Crippen molar-refractivity contribution in [2.45, 2.75) is 6.42 Å². The van der Waals surface area contributed by atoms with Gasteiger partial charge in [-0.2, -0.15) is 15.0 Å². The second-order valence-electron chi connectivity index (χ2n) is 1.91. The van der Waals surface area contributed by atoms with E-state index in [0.29, 0.717) is 18.1 Å². The number of rotatable bonds is 2. The van der Waals surface area contributed by atoms with Crippen LogP contribution < -0.4 is 11.5 Å². The Hall–Kier alpha value is -1.10. The van der Waals surface area contributed by atoms with Crippen LogP contribution in [0.4, 0.5) is 11.9 Å². The fourth-order valence-electron chi connectivity index (χ4n) is 0.653. The molecule has 1 aromatic heterocycles. The molecule has 6 heteroatoms. The SMILES string of the molecule is Nc1nc(N)nc(CCCl)n1. The van der Waals surface area contributed by atoms with Crippen LogP contribution in [0.3, 0.4) is 0 Å². The molecule has 1 aromatic rings.